The van der Waals surface area contributed by atoms with Crippen LogP contribution in [0.4, 0.5) is 0 Å². The minimum absolute atomic E-state index is 0.0895. The van der Waals surface area contributed by atoms with E-state index in [2.05, 4.69) is 26.0 Å². The number of hydrogen-bond acceptors (Lipinski definition) is 3. The molecule has 0 spiro atoms. The molecule has 2 aromatic rings. The second-order valence-electron chi connectivity index (χ2n) is 10.8. The molecule has 0 aromatic heterocycles. The number of carboxylic acids is 1. The van der Waals surface area contributed by atoms with Crippen molar-refractivity contribution in [2.75, 3.05) is 0 Å². The fraction of sp³-hybridized carbons (Fsp3) is 0.516. The summed E-state index contributed by atoms with van der Waals surface area (Å²) in [4.78, 5) is 12.2. The van der Waals surface area contributed by atoms with E-state index in [1.807, 2.05) is 24.3 Å². The van der Waals surface area contributed by atoms with Crippen molar-refractivity contribution in [1.82, 2.24) is 0 Å². The van der Waals surface area contributed by atoms with Crippen LogP contribution in [0.3, 0.4) is 0 Å². The van der Waals surface area contributed by atoms with Crippen molar-refractivity contribution in [2.24, 2.45) is 5.41 Å². The van der Waals surface area contributed by atoms with Crippen molar-refractivity contribution >= 4 is 5.97 Å². The Labute approximate surface area is 209 Å². The summed E-state index contributed by atoms with van der Waals surface area (Å²) in [5.74, 6) is -1.01. The van der Waals surface area contributed by atoms with Crippen LogP contribution in [0.15, 0.2) is 30.3 Å². The van der Waals surface area contributed by atoms with Crippen LogP contribution in [-0.4, -0.2) is 11.1 Å². The molecule has 1 N–H and O–H groups in total. The van der Waals surface area contributed by atoms with Crippen molar-refractivity contribution < 1.29 is 9.90 Å². The Kier molecular flexibility index (Phi) is 7.32. The molecule has 3 fully saturated rings. The predicted molar refractivity (Wildman–Crippen MR) is 138 cm³/mol. The highest BCUT2D eigenvalue weighted by molar-refractivity contribution is 5.97. The van der Waals surface area contributed by atoms with Gasteiger partial charge in [0, 0.05) is 5.56 Å². The first kappa shape index (κ1) is 25.0. The zero-order valence-electron chi connectivity index (χ0n) is 21.1. The largest absolute Gasteiger partial charge is 0.478 e. The van der Waals surface area contributed by atoms with E-state index in [0.29, 0.717) is 27.7 Å². The average molecular weight is 469 g/mol. The van der Waals surface area contributed by atoms with Crippen LogP contribution >= 0.6 is 0 Å². The molecule has 2 bridgehead atoms. The van der Waals surface area contributed by atoms with E-state index in [9.17, 15) is 20.4 Å². The number of benzene rings is 2. The molecule has 0 atom stereocenters. The van der Waals surface area contributed by atoms with Crippen LogP contribution in [0.25, 0.3) is 11.1 Å². The van der Waals surface area contributed by atoms with Gasteiger partial charge in [0.05, 0.1) is 16.7 Å². The first-order chi connectivity index (χ1) is 16.9. The summed E-state index contributed by atoms with van der Waals surface area (Å²) in [5, 5.41) is 30.0. The number of carbonyl (C=O) groups is 1. The molecule has 0 saturated heterocycles. The summed E-state index contributed by atoms with van der Waals surface area (Å²) < 4.78 is 0. The number of nitriles is 2. The molecular formula is C31H36N2O2. The molecule has 0 heterocycles. The van der Waals surface area contributed by atoms with Crippen molar-refractivity contribution in [2.45, 2.75) is 96.3 Å². The number of nitrogens with zero attached hydrogens (tertiary/aromatic N) is 2. The normalized spacial score (nSPS) is 23.0. The van der Waals surface area contributed by atoms with E-state index in [0.717, 1.165) is 50.5 Å². The third-order valence-corrected chi connectivity index (χ3v) is 8.90. The van der Waals surface area contributed by atoms with Gasteiger partial charge in [0.25, 0.3) is 0 Å². The number of fused-ring (bicyclic) bond motifs is 3. The third-order valence-electron chi connectivity index (χ3n) is 8.90. The number of carboxylic acid groups (broad SMARTS) is 1. The third kappa shape index (κ3) is 4.60. The molecule has 0 amide bonds. The molecule has 4 nitrogen and oxygen atoms in total. The lowest BCUT2D eigenvalue weighted by Gasteiger charge is -2.54. The summed E-state index contributed by atoms with van der Waals surface area (Å²) in [5.41, 5.74) is 4.66. The quantitative estimate of drug-likeness (QED) is 0.379. The molecule has 5 rings (SSSR count). The number of hydrogen-bond donors (Lipinski definition) is 1. The van der Waals surface area contributed by atoms with Gasteiger partial charge in [-0.15, -0.1) is 0 Å². The van der Waals surface area contributed by atoms with Gasteiger partial charge in [-0.1, -0.05) is 51.3 Å². The molecule has 3 aliphatic rings. The van der Waals surface area contributed by atoms with Gasteiger partial charge in [-0.25, -0.2) is 4.79 Å². The molecule has 3 saturated carbocycles. The molecule has 4 heteroatoms. The molecule has 0 radical (unpaired) electrons. The Morgan fingerprint density at radius 1 is 0.886 bits per heavy atom. The highest BCUT2D eigenvalue weighted by Gasteiger charge is 2.48. The predicted octanol–water partition coefficient (Wildman–Crippen LogP) is 7.92. The van der Waals surface area contributed by atoms with E-state index in [-0.39, 0.29) is 11.0 Å². The van der Waals surface area contributed by atoms with Gasteiger partial charge >= 0.3 is 5.97 Å². The van der Waals surface area contributed by atoms with Crippen LogP contribution in [0.2, 0.25) is 0 Å². The van der Waals surface area contributed by atoms with E-state index in [1.165, 1.54) is 37.7 Å². The zero-order valence-corrected chi connectivity index (χ0v) is 21.1. The molecule has 35 heavy (non-hydrogen) atoms. The highest BCUT2D eigenvalue weighted by atomic mass is 16.4. The Morgan fingerprint density at radius 2 is 1.57 bits per heavy atom. The summed E-state index contributed by atoms with van der Waals surface area (Å²) in [7, 11) is 0. The molecule has 2 aromatic carbocycles. The summed E-state index contributed by atoms with van der Waals surface area (Å²) in [6, 6.07) is 14.0. The fourth-order valence-electron chi connectivity index (χ4n) is 6.77. The zero-order chi connectivity index (χ0) is 25.1. The van der Waals surface area contributed by atoms with Gasteiger partial charge in [0.1, 0.15) is 12.1 Å². The minimum Gasteiger partial charge on any atom is -0.478 e. The molecule has 0 aliphatic heterocycles. The SMILES string of the molecule is CCCCCc1ccc(-c2cc(C34CCC(CCC)(CC3)CC4)ccc2C(=O)O)c(C#N)c1C#N. The van der Waals surface area contributed by atoms with Crippen molar-refractivity contribution in [1.29, 1.82) is 10.5 Å². The smallest absolute Gasteiger partial charge is 0.336 e. The van der Waals surface area contributed by atoms with Gasteiger partial charge in [-0.3, -0.25) is 0 Å². The van der Waals surface area contributed by atoms with Crippen LogP contribution in [-0.2, 0) is 11.8 Å². The lowest BCUT2D eigenvalue weighted by Crippen LogP contribution is -2.44. The van der Waals surface area contributed by atoms with Crippen LogP contribution in [0.5, 0.6) is 0 Å². The van der Waals surface area contributed by atoms with E-state index in [4.69, 9.17) is 0 Å². The standard InChI is InChI=1S/C31H36N2O2/c1-3-5-6-7-22-8-10-24(28(21-33)27(22)20-32)26-19-23(9-11-25(26)29(34)35)31-16-13-30(12-4-2,14-17-31)15-18-31/h8-11,19H,3-7,12-18H2,1-2H3,(H,34,35). The van der Waals surface area contributed by atoms with Gasteiger partial charge in [-0.05, 0) is 97.4 Å². The average Bonchev–Trinajstić information content (AvgIpc) is 2.89. The summed E-state index contributed by atoms with van der Waals surface area (Å²) in [6.45, 7) is 4.41. The highest BCUT2D eigenvalue weighted by Crippen LogP contribution is 2.59. The van der Waals surface area contributed by atoms with Gasteiger partial charge in [0.2, 0.25) is 0 Å². The Bertz CT molecular complexity index is 1170. The maximum atomic E-state index is 12.2. The monoisotopic (exact) mass is 468 g/mol. The lowest BCUT2D eigenvalue weighted by molar-refractivity contribution is 0.0320. The molecule has 0 unspecified atom stereocenters. The van der Waals surface area contributed by atoms with Crippen LogP contribution < -0.4 is 0 Å². The lowest BCUT2D eigenvalue weighted by atomic mass is 9.51. The Morgan fingerprint density at radius 3 is 2.14 bits per heavy atom. The van der Waals surface area contributed by atoms with Gasteiger partial charge < -0.3 is 5.11 Å². The number of aromatic carboxylic acids is 1. The van der Waals surface area contributed by atoms with E-state index < -0.39 is 5.97 Å². The van der Waals surface area contributed by atoms with Crippen molar-refractivity contribution in [3.63, 3.8) is 0 Å². The molecule has 182 valence electrons. The molecular weight excluding hydrogens is 432 g/mol. The van der Waals surface area contributed by atoms with Crippen molar-refractivity contribution in [3.05, 3.63) is 58.1 Å². The summed E-state index contributed by atoms with van der Waals surface area (Å²) >= 11 is 0. The van der Waals surface area contributed by atoms with Crippen LogP contribution in [0.1, 0.15) is 117 Å². The first-order valence-electron chi connectivity index (χ1n) is 13.3. The first-order valence-corrected chi connectivity index (χ1v) is 13.3. The van der Waals surface area contributed by atoms with E-state index in [1.54, 1.807) is 6.07 Å². The van der Waals surface area contributed by atoms with Gasteiger partial charge in [-0.2, -0.15) is 10.5 Å². The number of aryl methyl sites for hydroxylation is 1. The second kappa shape index (κ2) is 10.2. The Hall–Kier alpha value is -3.11. The van der Waals surface area contributed by atoms with Crippen LogP contribution in [0, 0.1) is 28.1 Å². The Balaban J connectivity index is 1.78. The maximum Gasteiger partial charge on any atom is 0.336 e. The van der Waals surface area contributed by atoms with E-state index >= 15 is 0 Å². The maximum absolute atomic E-state index is 12.2. The van der Waals surface area contributed by atoms with Gasteiger partial charge in [0.15, 0.2) is 0 Å². The fourth-order valence-corrected chi connectivity index (χ4v) is 6.77. The minimum atomic E-state index is -1.01. The topological polar surface area (TPSA) is 84.9 Å². The number of rotatable bonds is 9. The number of unbranched alkanes of at least 4 members (excludes halogenated alkanes) is 2. The summed E-state index contributed by atoms with van der Waals surface area (Å²) in [6.07, 6.45) is 13.6. The second-order valence-corrected chi connectivity index (χ2v) is 10.8. The van der Waals surface area contributed by atoms with Crippen molar-refractivity contribution in [3.8, 4) is 23.3 Å². The molecule has 3 aliphatic carbocycles.